The molecule has 2 atom stereocenters. The van der Waals surface area contributed by atoms with E-state index in [9.17, 15) is 13.5 Å². The molecule has 1 N–H and O–H groups in total. The van der Waals surface area contributed by atoms with Crippen molar-refractivity contribution in [2.75, 3.05) is 0 Å². The van der Waals surface area contributed by atoms with E-state index in [4.69, 9.17) is 0 Å². The van der Waals surface area contributed by atoms with Crippen molar-refractivity contribution < 1.29 is 13.5 Å². The minimum absolute atomic E-state index is 0.266. The molecule has 6 nitrogen and oxygen atoms in total. The van der Waals surface area contributed by atoms with Crippen molar-refractivity contribution >= 4 is 15.5 Å². The standard InChI is InChI=1S/C14H17N3O3S/c18-14(12-8-16-13-9-15-4-5-17(12)13)6-10-2-1-3-11(7-14)21(10,19)20/h4-5,8-11,18H,1-3,6-7H2. The molecule has 2 aromatic heterocycles. The Morgan fingerprint density at radius 3 is 2.67 bits per heavy atom. The van der Waals surface area contributed by atoms with Crippen LogP contribution < -0.4 is 0 Å². The monoisotopic (exact) mass is 307 g/mol. The molecule has 0 spiro atoms. The molecule has 4 heterocycles. The van der Waals surface area contributed by atoms with E-state index in [-0.39, 0.29) is 12.8 Å². The Bertz CT molecular complexity index is 779. The van der Waals surface area contributed by atoms with Gasteiger partial charge in [0.25, 0.3) is 0 Å². The predicted octanol–water partition coefficient (Wildman–Crippen LogP) is 1.05. The van der Waals surface area contributed by atoms with Crippen LogP contribution in [0, 0.1) is 0 Å². The van der Waals surface area contributed by atoms with E-state index in [0.717, 1.165) is 6.42 Å². The molecule has 2 aliphatic rings. The Morgan fingerprint density at radius 1 is 1.24 bits per heavy atom. The number of hydrogen-bond donors (Lipinski definition) is 1. The smallest absolute Gasteiger partial charge is 0.156 e. The fourth-order valence-corrected chi connectivity index (χ4v) is 6.39. The second-order valence-corrected chi connectivity index (χ2v) is 8.66. The molecule has 4 rings (SSSR count). The molecule has 0 saturated carbocycles. The molecular weight excluding hydrogens is 290 g/mol. The quantitative estimate of drug-likeness (QED) is 0.851. The van der Waals surface area contributed by atoms with Gasteiger partial charge in [0.2, 0.25) is 0 Å². The molecule has 0 aromatic carbocycles. The van der Waals surface area contributed by atoms with Crippen molar-refractivity contribution in [1.29, 1.82) is 0 Å². The third-order valence-electron chi connectivity index (χ3n) is 4.91. The summed E-state index contributed by atoms with van der Waals surface area (Å²) in [6, 6.07) is 0. The van der Waals surface area contributed by atoms with Crippen LogP contribution >= 0.6 is 0 Å². The summed E-state index contributed by atoms with van der Waals surface area (Å²) in [4.78, 5) is 8.27. The molecule has 0 amide bonds. The third kappa shape index (κ3) is 1.83. The minimum Gasteiger partial charge on any atom is -0.383 e. The molecule has 2 fully saturated rings. The van der Waals surface area contributed by atoms with Crippen LogP contribution in [0.3, 0.4) is 0 Å². The maximum Gasteiger partial charge on any atom is 0.156 e. The first-order valence-electron chi connectivity index (χ1n) is 7.23. The lowest BCUT2D eigenvalue weighted by molar-refractivity contribution is 0.000244. The molecule has 2 unspecified atom stereocenters. The highest BCUT2D eigenvalue weighted by molar-refractivity contribution is 7.92. The number of aliphatic hydroxyl groups is 1. The van der Waals surface area contributed by atoms with Gasteiger partial charge in [-0.15, -0.1) is 0 Å². The van der Waals surface area contributed by atoms with Gasteiger partial charge in [-0.1, -0.05) is 6.42 Å². The summed E-state index contributed by atoms with van der Waals surface area (Å²) in [6.45, 7) is 0. The molecular formula is C14H17N3O3S. The van der Waals surface area contributed by atoms with E-state index in [1.807, 2.05) is 0 Å². The minimum atomic E-state index is -3.08. The normalized spacial score (nSPS) is 34.9. The van der Waals surface area contributed by atoms with Crippen molar-refractivity contribution in [3.8, 4) is 0 Å². The zero-order valence-electron chi connectivity index (χ0n) is 11.5. The molecule has 21 heavy (non-hydrogen) atoms. The highest BCUT2D eigenvalue weighted by Gasteiger charge is 2.51. The summed E-state index contributed by atoms with van der Waals surface area (Å²) in [6.07, 6.45) is 9.44. The van der Waals surface area contributed by atoms with E-state index >= 15 is 0 Å². The summed E-state index contributed by atoms with van der Waals surface area (Å²) in [5.41, 5.74) is 0.216. The van der Waals surface area contributed by atoms with Crippen molar-refractivity contribution in [3.63, 3.8) is 0 Å². The van der Waals surface area contributed by atoms with E-state index in [1.165, 1.54) is 0 Å². The van der Waals surface area contributed by atoms with E-state index in [0.29, 0.717) is 24.2 Å². The average molecular weight is 307 g/mol. The lowest BCUT2D eigenvalue weighted by Gasteiger charge is -2.43. The Labute approximate surface area is 122 Å². The molecule has 2 aromatic rings. The van der Waals surface area contributed by atoms with Crippen LogP contribution in [0.1, 0.15) is 37.8 Å². The first kappa shape index (κ1) is 13.2. The molecule has 0 aliphatic carbocycles. The van der Waals surface area contributed by atoms with Gasteiger partial charge in [-0.25, -0.2) is 13.4 Å². The number of hydrogen-bond acceptors (Lipinski definition) is 5. The Kier molecular flexibility index (Phi) is 2.68. The molecule has 2 aliphatic heterocycles. The lowest BCUT2D eigenvalue weighted by atomic mass is 9.83. The van der Waals surface area contributed by atoms with Gasteiger partial charge < -0.3 is 5.11 Å². The van der Waals surface area contributed by atoms with E-state index in [2.05, 4.69) is 9.97 Å². The number of sulfone groups is 1. The van der Waals surface area contributed by atoms with Crippen molar-refractivity contribution in [2.45, 2.75) is 48.2 Å². The number of nitrogens with zero attached hydrogens (tertiary/aromatic N) is 3. The van der Waals surface area contributed by atoms with Crippen LogP contribution in [0.5, 0.6) is 0 Å². The maximum absolute atomic E-state index is 12.4. The van der Waals surface area contributed by atoms with Crippen LogP contribution in [0.25, 0.3) is 5.65 Å². The van der Waals surface area contributed by atoms with Gasteiger partial charge in [0.05, 0.1) is 28.6 Å². The number of rotatable bonds is 1. The topological polar surface area (TPSA) is 84.6 Å². The van der Waals surface area contributed by atoms with Crippen molar-refractivity contribution in [2.24, 2.45) is 0 Å². The van der Waals surface area contributed by atoms with E-state index in [1.54, 1.807) is 29.2 Å². The third-order valence-corrected chi connectivity index (χ3v) is 7.57. The summed E-state index contributed by atoms with van der Waals surface area (Å²) >= 11 is 0. The van der Waals surface area contributed by atoms with Crippen molar-refractivity contribution in [1.82, 2.24) is 14.4 Å². The summed E-state index contributed by atoms with van der Waals surface area (Å²) < 4.78 is 26.6. The van der Waals surface area contributed by atoms with Crippen LogP contribution in [-0.2, 0) is 15.4 Å². The van der Waals surface area contributed by atoms with Gasteiger partial charge in [-0.2, -0.15) is 0 Å². The van der Waals surface area contributed by atoms with Gasteiger partial charge in [-0.05, 0) is 25.7 Å². The zero-order valence-corrected chi connectivity index (χ0v) is 12.3. The molecule has 0 radical (unpaired) electrons. The summed E-state index contributed by atoms with van der Waals surface area (Å²) in [5.74, 6) is 0. The first-order chi connectivity index (χ1) is 10.0. The van der Waals surface area contributed by atoms with Crippen LogP contribution in [0.2, 0.25) is 0 Å². The fourth-order valence-electron chi connectivity index (χ4n) is 3.84. The number of fused-ring (bicyclic) bond motifs is 3. The van der Waals surface area contributed by atoms with Gasteiger partial charge in [0.1, 0.15) is 5.60 Å². The van der Waals surface area contributed by atoms with Crippen molar-refractivity contribution in [3.05, 3.63) is 30.5 Å². The van der Waals surface area contributed by atoms with Crippen LogP contribution in [-0.4, -0.2) is 38.4 Å². The summed E-state index contributed by atoms with van der Waals surface area (Å²) in [5, 5.41) is 10.3. The van der Waals surface area contributed by atoms with Crippen LogP contribution in [0.15, 0.2) is 24.8 Å². The van der Waals surface area contributed by atoms with Gasteiger partial charge in [0.15, 0.2) is 15.5 Å². The maximum atomic E-state index is 12.4. The van der Waals surface area contributed by atoms with Gasteiger partial charge in [0, 0.05) is 12.4 Å². The second-order valence-electron chi connectivity index (χ2n) is 6.15. The largest absolute Gasteiger partial charge is 0.383 e. The summed E-state index contributed by atoms with van der Waals surface area (Å²) in [7, 11) is -3.08. The molecule has 2 saturated heterocycles. The lowest BCUT2D eigenvalue weighted by Crippen LogP contribution is -2.50. The predicted molar refractivity (Wildman–Crippen MR) is 76.5 cm³/mol. The van der Waals surface area contributed by atoms with Gasteiger partial charge >= 0.3 is 0 Å². The highest BCUT2D eigenvalue weighted by Crippen LogP contribution is 2.46. The fraction of sp³-hybridized carbons (Fsp3) is 0.571. The number of imidazole rings is 1. The zero-order chi connectivity index (χ0) is 14.7. The van der Waals surface area contributed by atoms with E-state index < -0.39 is 25.9 Å². The Morgan fingerprint density at radius 2 is 1.95 bits per heavy atom. The van der Waals surface area contributed by atoms with Gasteiger partial charge in [-0.3, -0.25) is 9.38 Å². The number of aromatic nitrogens is 3. The molecule has 2 bridgehead atoms. The SMILES string of the molecule is O=S1(=O)C2CCCC1CC(O)(c1cnc3cnccn13)C2. The first-order valence-corrected chi connectivity index (χ1v) is 8.84. The highest BCUT2D eigenvalue weighted by atomic mass is 32.2. The Hall–Kier alpha value is -1.47. The average Bonchev–Trinajstić information content (AvgIpc) is 2.85. The Balaban J connectivity index is 1.82. The molecule has 7 heteroatoms. The molecule has 112 valence electrons. The van der Waals surface area contributed by atoms with Crippen LogP contribution in [0.4, 0.5) is 0 Å². The second kappa shape index (κ2) is 4.27.